The van der Waals surface area contributed by atoms with Crippen LogP contribution in [0.25, 0.3) is 10.1 Å². The molecule has 0 spiro atoms. The first-order valence-electron chi connectivity index (χ1n) is 6.88. The first-order chi connectivity index (χ1) is 11.5. The maximum Gasteiger partial charge on any atom is 0.269 e. The van der Waals surface area contributed by atoms with Crippen molar-refractivity contribution in [3.8, 4) is 0 Å². The minimum absolute atomic E-state index is 0.169. The second-order valence-corrected chi connectivity index (χ2v) is 7.61. The van der Waals surface area contributed by atoms with Crippen molar-refractivity contribution in [2.24, 2.45) is 0 Å². The second-order valence-electron chi connectivity index (χ2n) is 4.91. The zero-order valence-electron chi connectivity index (χ0n) is 12.4. The lowest BCUT2D eigenvalue weighted by molar-refractivity contribution is 0.0982. The van der Waals surface area contributed by atoms with Gasteiger partial charge in [0.05, 0.1) is 10.7 Å². The largest absolute Gasteiger partial charge is 0.317 e. The molecule has 0 atom stereocenters. The van der Waals surface area contributed by atoms with Crippen LogP contribution in [0.15, 0.2) is 40.9 Å². The van der Waals surface area contributed by atoms with Crippen LogP contribution in [0.2, 0.25) is 5.02 Å². The summed E-state index contributed by atoms with van der Waals surface area (Å²) in [4.78, 5) is 17.2. The zero-order valence-corrected chi connectivity index (χ0v) is 16.4. The number of benzene rings is 1. The molecule has 122 valence electrons. The number of hydrogen-bond donors (Lipinski definition) is 2. The van der Waals surface area contributed by atoms with Gasteiger partial charge in [-0.3, -0.25) is 10.1 Å². The summed E-state index contributed by atoms with van der Waals surface area (Å²) in [6.07, 6.45) is 0. The van der Waals surface area contributed by atoms with Crippen LogP contribution in [0.5, 0.6) is 0 Å². The van der Waals surface area contributed by atoms with Crippen LogP contribution in [-0.2, 0) is 0 Å². The number of rotatable bonds is 2. The first-order valence-corrected chi connectivity index (χ1v) is 9.28. The molecule has 3 rings (SSSR count). The van der Waals surface area contributed by atoms with Crippen molar-refractivity contribution in [1.82, 2.24) is 10.3 Å². The number of hydrogen-bond acceptors (Lipinski definition) is 4. The van der Waals surface area contributed by atoms with E-state index in [1.54, 1.807) is 6.07 Å². The van der Waals surface area contributed by atoms with Gasteiger partial charge in [-0.2, -0.15) is 0 Å². The highest BCUT2D eigenvalue weighted by Gasteiger charge is 2.18. The third kappa shape index (κ3) is 3.59. The summed E-state index contributed by atoms with van der Waals surface area (Å²) in [6, 6.07) is 11.2. The van der Waals surface area contributed by atoms with Gasteiger partial charge in [-0.15, -0.1) is 11.3 Å². The molecule has 0 bridgehead atoms. The summed E-state index contributed by atoms with van der Waals surface area (Å²) in [7, 11) is 0. The van der Waals surface area contributed by atoms with Gasteiger partial charge in [0.25, 0.3) is 5.91 Å². The molecule has 4 nitrogen and oxygen atoms in total. The molecule has 1 amide bonds. The molecule has 0 saturated carbocycles. The number of aromatic nitrogens is 1. The quantitative estimate of drug-likeness (QED) is 0.541. The van der Waals surface area contributed by atoms with Gasteiger partial charge in [-0.1, -0.05) is 29.8 Å². The average Bonchev–Trinajstić information content (AvgIpc) is 2.88. The van der Waals surface area contributed by atoms with E-state index in [1.165, 1.54) is 11.3 Å². The molecule has 24 heavy (non-hydrogen) atoms. The minimum atomic E-state index is -0.340. The number of carbonyl (C=O) groups excluding carboxylic acids is 1. The van der Waals surface area contributed by atoms with Crippen molar-refractivity contribution in [3.63, 3.8) is 0 Å². The SMILES string of the molecule is Cc1nc(NC(=S)NC(=O)c2sc3ccccc3c2Cl)ccc1Br. The van der Waals surface area contributed by atoms with Gasteiger partial charge in [0.2, 0.25) is 0 Å². The monoisotopic (exact) mass is 439 g/mol. The Hall–Kier alpha value is -1.54. The Bertz CT molecular complexity index is 958. The summed E-state index contributed by atoms with van der Waals surface area (Å²) in [5.41, 5.74) is 0.821. The summed E-state index contributed by atoms with van der Waals surface area (Å²) < 4.78 is 1.86. The van der Waals surface area contributed by atoms with Crippen LogP contribution in [-0.4, -0.2) is 16.0 Å². The van der Waals surface area contributed by atoms with E-state index >= 15 is 0 Å². The molecule has 2 N–H and O–H groups in total. The Labute approximate surface area is 161 Å². The van der Waals surface area contributed by atoms with E-state index in [0.717, 1.165) is 20.3 Å². The van der Waals surface area contributed by atoms with E-state index in [-0.39, 0.29) is 11.0 Å². The molecule has 0 saturated heterocycles. The van der Waals surface area contributed by atoms with Gasteiger partial charge < -0.3 is 5.32 Å². The average molecular weight is 441 g/mol. The van der Waals surface area contributed by atoms with Crippen molar-refractivity contribution in [2.45, 2.75) is 6.92 Å². The van der Waals surface area contributed by atoms with Crippen molar-refractivity contribution in [1.29, 1.82) is 0 Å². The van der Waals surface area contributed by atoms with Crippen LogP contribution >= 0.6 is 51.1 Å². The topological polar surface area (TPSA) is 54.0 Å². The Balaban J connectivity index is 1.74. The lowest BCUT2D eigenvalue weighted by Crippen LogP contribution is -2.34. The van der Waals surface area contributed by atoms with Crippen LogP contribution in [0.1, 0.15) is 15.4 Å². The number of aryl methyl sites for hydroxylation is 1. The molecule has 2 heterocycles. The summed E-state index contributed by atoms with van der Waals surface area (Å²) in [5, 5.41) is 7.00. The van der Waals surface area contributed by atoms with Crippen LogP contribution in [0, 0.1) is 6.92 Å². The molecule has 1 aromatic carbocycles. The Morgan fingerprint density at radius 1 is 1.29 bits per heavy atom. The number of amides is 1. The number of thiocarbonyl (C=S) groups is 1. The predicted octanol–water partition coefficient (Wildman–Crippen LogP) is 5.15. The van der Waals surface area contributed by atoms with Gasteiger partial charge in [-0.25, -0.2) is 4.98 Å². The maximum absolute atomic E-state index is 12.4. The molecule has 0 aliphatic heterocycles. The molecular weight excluding hydrogens is 430 g/mol. The minimum Gasteiger partial charge on any atom is -0.317 e. The van der Waals surface area contributed by atoms with Crippen LogP contribution in [0.3, 0.4) is 0 Å². The summed E-state index contributed by atoms with van der Waals surface area (Å²) in [5.74, 6) is 0.218. The number of fused-ring (bicyclic) bond motifs is 1. The van der Waals surface area contributed by atoms with Gasteiger partial charge in [0.1, 0.15) is 10.7 Å². The van der Waals surface area contributed by atoms with Crippen molar-refractivity contribution < 1.29 is 4.79 Å². The van der Waals surface area contributed by atoms with Crippen molar-refractivity contribution in [3.05, 3.63) is 56.5 Å². The molecule has 0 aliphatic carbocycles. The maximum atomic E-state index is 12.4. The number of anilines is 1. The molecule has 0 fully saturated rings. The second kappa shape index (κ2) is 7.14. The van der Waals surface area contributed by atoms with Crippen molar-refractivity contribution in [2.75, 3.05) is 5.32 Å². The van der Waals surface area contributed by atoms with Crippen molar-refractivity contribution >= 4 is 78.0 Å². The number of carbonyl (C=O) groups is 1. The molecule has 0 unspecified atom stereocenters. The molecule has 8 heteroatoms. The molecule has 2 aromatic heterocycles. The summed E-state index contributed by atoms with van der Waals surface area (Å²) in [6.45, 7) is 1.87. The van der Waals surface area contributed by atoms with E-state index in [9.17, 15) is 4.79 Å². The highest BCUT2D eigenvalue weighted by Crippen LogP contribution is 2.34. The Morgan fingerprint density at radius 2 is 2.04 bits per heavy atom. The fourth-order valence-corrected chi connectivity index (χ4v) is 3.91. The highest BCUT2D eigenvalue weighted by molar-refractivity contribution is 9.10. The van der Waals surface area contributed by atoms with Crippen LogP contribution < -0.4 is 10.6 Å². The van der Waals surface area contributed by atoms with Gasteiger partial charge >= 0.3 is 0 Å². The number of nitrogens with one attached hydrogen (secondary N) is 2. The third-order valence-electron chi connectivity index (χ3n) is 3.23. The Kier molecular flexibility index (Phi) is 5.15. The van der Waals surface area contributed by atoms with E-state index < -0.39 is 0 Å². The smallest absolute Gasteiger partial charge is 0.269 e. The van der Waals surface area contributed by atoms with Gasteiger partial charge in [-0.05, 0) is 53.3 Å². The molecule has 0 radical (unpaired) electrons. The third-order valence-corrected chi connectivity index (χ3v) is 5.95. The lowest BCUT2D eigenvalue weighted by atomic mass is 10.2. The van der Waals surface area contributed by atoms with E-state index in [0.29, 0.717) is 15.7 Å². The fourth-order valence-electron chi connectivity index (χ4n) is 2.08. The number of thiophene rings is 1. The molecular formula is C16H11BrClN3OS2. The number of halogens is 2. The first kappa shape index (κ1) is 17.3. The van der Waals surface area contributed by atoms with Gasteiger partial charge in [0.15, 0.2) is 5.11 Å². The number of nitrogens with zero attached hydrogens (tertiary/aromatic N) is 1. The normalized spacial score (nSPS) is 10.6. The standard InChI is InChI=1S/C16H11BrClN3OS2/c1-8-10(17)6-7-12(19-8)20-16(23)21-15(22)14-13(18)9-4-2-3-5-11(9)24-14/h2-7H,1H3,(H2,19,20,21,22,23). The van der Waals surface area contributed by atoms with Gasteiger partial charge in [0, 0.05) is 14.6 Å². The molecule has 3 aromatic rings. The van der Waals surface area contributed by atoms with Crippen LogP contribution in [0.4, 0.5) is 5.82 Å². The van der Waals surface area contributed by atoms with E-state index in [2.05, 4.69) is 31.5 Å². The van der Waals surface area contributed by atoms with E-state index in [1.807, 2.05) is 37.3 Å². The summed E-state index contributed by atoms with van der Waals surface area (Å²) >= 11 is 16.2. The zero-order chi connectivity index (χ0) is 17.3. The molecule has 0 aliphatic rings. The van der Waals surface area contributed by atoms with E-state index in [4.69, 9.17) is 23.8 Å². The predicted molar refractivity (Wildman–Crippen MR) is 107 cm³/mol. The fraction of sp³-hybridized carbons (Fsp3) is 0.0625. The number of pyridine rings is 1. The highest BCUT2D eigenvalue weighted by atomic mass is 79.9. The Morgan fingerprint density at radius 3 is 2.75 bits per heavy atom. The lowest BCUT2D eigenvalue weighted by Gasteiger charge is -2.09.